The van der Waals surface area contributed by atoms with Gasteiger partial charge in [-0.3, -0.25) is 9.69 Å². The van der Waals surface area contributed by atoms with Crippen LogP contribution in [0.2, 0.25) is 0 Å². The van der Waals surface area contributed by atoms with Crippen LogP contribution in [0.5, 0.6) is 11.5 Å². The molecule has 3 rings (SSSR count). The second-order valence-electron chi connectivity index (χ2n) is 6.12. The molecule has 0 unspecified atom stereocenters. The van der Waals surface area contributed by atoms with Crippen molar-refractivity contribution in [1.82, 2.24) is 10.2 Å². The Balaban J connectivity index is 1.82. The first-order valence-corrected chi connectivity index (χ1v) is 8.83. The molecule has 2 fully saturated rings. The SMILES string of the molecule is CCOc1cc(C=C2NC(=S)N(C3CCCCC3)C2=O)ccc1O. The molecule has 128 valence electrons. The van der Waals surface area contributed by atoms with Crippen molar-refractivity contribution in [2.24, 2.45) is 0 Å². The first-order chi connectivity index (χ1) is 11.6. The highest BCUT2D eigenvalue weighted by Crippen LogP contribution is 2.29. The fourth-order valence-corrected chi connectivity index (χ4v) is 3.62. The van der Waals surface area contributed by atoms with E-state index in [1.807, 2.05) is 6.92 Å². The van der Waals surface area contributed by atoms with E-state index in [1.54, 1.807) is 29.2 Å². The number of rotatable bonds is 4. The van der Waals surface area contributed by atoms with Crippen LogP contribution >= 0.6 is 12.2 Å². The van der Waals surface area contributed by atoms with Crippen molar-refractivity contribution in [2.75, 3.05) is 6.61 Å². The number of aromatic hydroxyl groups is 1. The molecule has 1 amide bonds. The summed E-state index contributed by atoms with van der Waals surface area (Å²) in [4.78, 5) is 14.5. The zero-order chi connectivity index (χ0) is 17.1. The Bertz CT molecular complexity index is 681. The fraction of sp³-hybridized carbons (Fsp3) is 0.444. The smallest absolute Gasteiger partial charge is 0.276 e. The Morgan fingerprint density at radius 3 is 2.83 bits per heavy atom. The molecule has 0 spiro atoms. The van der Waals surface area contributed by atoms with E-state index in [-0.39, 0.29) is 17.7 Å². The molecule has 1 aliphatic heterocycles. The minimum absolute atomic E-state index is 0.0714. The average molecular weight is 346 g/mol. The number of phenols is 1. The van der Waals surface area contributed by atoms with Crippen molar-refractivity contribution in [3.05, 3.63) is 29.5 Å². The predicted octanol–water partition coefficient (Wildman–Crippen LogP) is 3.18. The van der Waals surface area contributed by atoms with Crippen molar-refractivity contribution in [1.29, 1.82) is 0 Å². The Morgan fingerprint density at radius 2 is 2.12 bits per heavy atom. The van der Waals surface area contributed by atoms with Gasteiger partial charge in [0.2, 0.25) is 0 Å². The molecule has 0 radical (unpaired) electrons. The van der Waals surface area contributed by atoms with E-state index in [2.05, 4.69) is 5.32 Å². The molecule has 1 heterocycles. The van der Waals surface area contributed by atoms with E-state index in [0.29, 0.717) is 23.2 Å². The van der Waals surface area contributed by atoms with Crippen LogP contribution < -0.4 is 10.1 Å². The molecule has 1 aromatic carbocycles. The zero-order valence-corrected chi connectivity index (χ0v) is 14.6. The highest BCUT2D eigenvalue weighted by atomic mass is 32.1. The number of amides is 1. The first kappa shape index (κ1) is 16.8. The van der Waals surface area contributed by atoms with Crippen molar-refractivity contribution in [3.63, 3.8) is 0 Å². The molecule has 0 bridgehead atoms. The van der Waals surface area contributed by atoms with Gasteiger partial charge in [-0.05, 0) is 55.8 Å². The number of carbonyl (C=O) groups is 1. The predicted molar refractivity (Wildman–Crippen MR) is 96.7 cm³/mol. The van der Waals surface area contributed by atoms with Gasteiger partial charge in [0.15, 0.2) is 16.6 Å². The van der Waals surface area contributed by atoms with Gasteiger partial charge < -0.3 is 15.2 Å². The third-order valence-electron chi connectivity index (χ3n) is 4.44. The minimum Gasteiger partial charge on any atom is -0.504 e. The fourth-order valence-electron chi connectivity index (χ4n) is 3.28. The molecule has 1 saturated carbocycles. The molecular weight excluding hydrogens is 324 g/mol. The Hall–Kier alpha value is -2.08. The second-order valence-corrected chi connectivity index (χ2v) is 6.50. The number of phenolic OH excluding ortho intramolecular Hbond substituents is 1. The zero-order valence-electron chi connectivity index (χ0n) is 13.7. The van der Waals surface area contributed by atoms with Gasteiger partial charge in [0, 0.05) is 6.04 Å². The lowest BCUT2D eigenvalue weighted by molar-refractivity contribution is -0.124. The quantitative estimate of drug-likeness (QED) is 0.648. The van der Waals surface area contributed by atoms with Crippen molar-refractivity contribution >= 4 is 29.3 Å². The molecule has 0 atom stereocenters. The van der Waals surface area contributed by atoms with Crippen LogP contribution in [0.3, 0.4) is 0 Å². The number of nitrogens with one attached hydrogen (secondary N) is 1. The maximum absolute atomic E-state index is 12.7. The van der Waals surface area contributed by atoms with Gasteiger partial charge in [-0.1, -0.05) is 25.3 Å². The lowest BCUT2D eigenvalue weighted by atomic mass is 9.94. The van der Waals surface area contributed by atoms with E-state index in [9.17, 15) is 9.90 Å². The summed E-state index contributed by atoms with van der Waals surface area (Å²) < 4.78 is 5.39. The lowest BCUT2D eigenvalue weighted by Gasteiger charge is -2.29. The summed E-state index contributed by atoms with van der Waals surface area (Å²) >= 11 is 5.37. The molecule has 2 aliphatic rings. The van der Waals surface area contributed by atoms with Gasteiger partial charge in [0.05, 0.1) is 6.61 Å². The van der Waals surface area contributed by atoms with Crippen LogP contribution in [0, 0.1) is 0 Å². The number of thiocarbonyl (C=S) groups is 1. The number of ether oxygens (including phenoxy) is 1. The number of benzene rings is 1. The largest absolute Gasteiger partial charge is 0.504 e. The number of hydrogen-bond donors (Lipinski definition) is 2. The van der Waals surface area contributed by atoms with E-state index in [0.717, 1.165) is 31.2 Å². The Kier molecular flexibility index (Phi) is 5.04. The summed E-state index contributed by atoms with van der Waals surface area (Å²) in [6.07, 6.45) is 7.29. The van der Waals surface area contributed by atoms with E-state index >= 15 is 0 Å². The van der Waals surface area contributed by atoms with Crippen molar-refractivity contribution in [3.8, 4) is 11.5 Å². The Morgan fingerprint density at radius 1 is 1.38 bits per heavy atom. The number of hydrogen-bond acceptors (Lipinski definition) is 4. The molecule has 0 aromatic heterocycles. The third-order valence-corrected chi connectivity index (χ3v) is 4.74. The van der Waals surface area contributed by atoms with Crippen molar-refractivity contribution in [2.45, 2.75) is 45.1 Å². The summed E-state index contributed by atoms with van der Waals surface area (Å²) in [6, 6.07) is 5.23. The Labute approximate surface area is 147 Å². The van der Waals surface area contributed by atoms with Crippen LogP contribution in [0.4, 0.5) is 0 Å². The molecule has 1 saturated heterocycles. The molecular formula is C18H22N2O3S. The second kappa shape index (κ2) is 7.21. The topological polar surface area (TPSA) is 61.8 Å². The van der Waals surface area contributed by atoms with E-state index in [4.69, 9.17) is 17.0 Å². The van der Waals surface area contributed by atoms with Gasteiger partial charge in [-0.25, -0.2) is 0 Å². The minimum atomic E-state index is -0.0714. The van der Waals surface area contributed by atoms with Crippen LogP contribution in [-0.4, -0.2) is 33.7 Å². The van der Waals surface area contributed by atoms with E-state index < -0.39 is 0 Å². The summed E-state index contributed by atoms with van der Waals surface area (Å²) in [5.74, 6) is 0.422. The summed E-state index contributed by atoms with van der Waals surface area (Å²) in [5.41, 5.74) is 1.25. The molecule has 24 heavy (non-hydrogen) atoms. The summed E-state index contributed by atoms with van der Waals surface area (Å²) in [7, 11) is 0. The summed E-state index contributed by atoms with van der Waals surface area (Å²) in [6.45, 7) is 2.32. The van der Waals surface area contributed by atoms with Gasteiger partial charge in [0.25, 0.3) is 5.91 Å². The molecule has 1 aromatic rings. The highest BCUT2D eigenvalue weighted by Gasteiger charge is 2.36. The lowest BCUT2D eigenvalue weighted by Crippen LogP contribution is -2.41. The number of nitrogens with zero attached hydrogens (tertiary/aromatic N) is 1. The first-order valence-electron chi connectivity index (χ1n) is 8.42. The average Bonchev–Trinajstić information content (AvgIpc) is 2.85. The van der Waals surface area contributed by atoms with Crippen LogP contribution in [0.25, 0.3) is 6.08 Å². The van der Waals surface area contributed by atoms with Gasteiger partial charge >= 0.3 is 0 Å². The summed E-state index contributed by atoms with van der Waals surface area (Å²) in [5, 5.41) is 13.3. The van der Waals surface area contributed by atoms with Crippen molar-refractivity contribution < 1.29 is 14.6 Å². The van der Waals surface area contributed by atoms with Gasteiger partial charge in [0.1, 0.15) is 5.70 Å². The van der Waals surface area contributed by atoms with Crippen LogP contribution in [0.15, 0.2) is 23.9 Å². The van der Waals surface area contributed by atoms with Crippen LogP contribution in [-0.2, 0) is 4.79 Å². The molecule has 1 aliphatic carbocycles. The highest BCUT2D eigenvalue weighted by molar-refractivity contribution is 7.80. The normalized spacial score (nSPS) is 20.5. The monoisotopic (exact) mass is 346 g/mol. The number of carbonyl (C=O) groups excluding carboxylic acids is 1. The molecule has 5 nitrogen and oxygen atoms in total. The molecule has 2 N–H and O–H groups in total. The van der Waals surface area contributed by atoms with Gasteiger partial charge in [-0.2, -0.15) is 0 Å². The molecule has 6 heteroatoms. The van der Waals surface area contributed by atoms with Gasteiger partial charge in [-0.15, -0.1) is 0 Å². The maximum Gasteiger partial charge on any atom is 0.276 e. The standard InChI is InChI=1S/C18H22N2O3S/c1-2-23-16-11-12(8-9-15(16)21)10-14-17(22)20(18(24)19-14)13-6-4-3-5-7-13/h8-11,13,21H,2-7H2,1H3,(H,19,24). The van der Waals surface area contributed by atoms with E-state index in [1.165, 1.54) is 6.42 Å². The third kappa shape index (κ3) is 3.38. The van der Waals surface area contributed by atoms with Crippen LogP contribution in [0.1, 0.15) is 44.6 Å². The maximum atomic E-state index is 12.7.